The Morgan fingerprint density at radius 2 is 1.49 bits per heavy atom. The molecule has 1 atom stereocenters. The molecule has 2 amide bonds. The normalized spacial score (nSPS) is 11.8. The van der Waals surface area contributed by atoms with E-state index in [2.05, 4.69) is 21.2 Å². The van der Waals surface area contributed by atoms with Crippen LogP contribution in [0.3, 0.4) is 0 Å². The number of likely N-dealkylation sites (N-methyl/N-ethyl adjacent to an activating group) is 1. The first-order chi connectivity index (χ1) is 20.7. The van der Waals surface area contributed by atoms with Crippen molar-refractivity contribution < 1.29 is 22.7 Å². The SMILES string of the molecule is CCOc1ccc(S(=O)(=O)N(CC(=O)N(Cc2cccc(Br)c2)[C@@H](Cc2ccccc2)C(=O)NC)c2ccccc2)cc1. The molecule has 43 heavy (non-hydrogen) atoms. The average Bonchev–Trinajstić information content (AvgIpc) is 3.02. The van der Waals surface area contributed by atoms with Crippen LogP contribution >= 0.6 is 15.9 Å². The molecule has 0 aliphatic rings. The molecule has 0 radical (unpaired) electrons. The van der Waals surface area contributed by atoms with E-state index >= 15 is 0 Å². The minimum absolute atomic E-state index is 0.0123. The third-order valence-electron chi connectivity index (χ3n) is 6.81. The molecule has 8 nitrogen and oxygen atoms in total. The summed E-state index contributed by atoms with van der Waals surface area (Å²) in [5.41, 5.74) is 1.97. The summed E-state index contributed by atoms with van der Waals surface area (Å²) in [6.45, 7) is 1.86. The zero-order valence-electron chi connectivity index (χ0n) is 24.0. The molecule has 0 unspecified atom stereocenters. The van der Waals surface area contributed by atoms with Gasteiger partial charge in [-0.15, -0.1) is 0 Å². The maximum Gasteiger partial charge on any atom is 0.264 e. The van der Waals surface area contributed by atoms with E-state index in [0.717, 1.165) is 19.9 Å². The molecule has 1 N–H and O–H groups in total. The van der Waals surface area contributed by atoms with Crippen molar-refractivity contribution in [1.82, 2.24) is 10.2 Å². The van der Waals surface area contributed by atoms with E-state index in [1.807, 2.05) is 61.5 Å². The highest BCUT2D eigenvalue weighted by molar-refractivity contribution is 9.10. The number of sulfonamides is 1. The van der Waals surface area contributed by atoms with E-state index in [0.29, 0.717) is 18.0 Å². The van der Waals surface area contributed by atoms with E-state index < -0.39 is 28.5 Å². The number of benzene rings is 4. The molecule has 0 aliphatic carbocycles. The zero-order chi connectivity index (χ0) is 30.8. The van der Waals surface area contributed by atoms with Crippen molar-refractivity contribution in [2.24, 2.45) is 0 Å². The number of nitrogens with zero attached hydrogens (tertiary/aromatic N) is 2. The number of anilines is 1. The number of amides is 2. The molecule has 0 spiro atoms. The second-order valence-corrected chi connectivity index (χ2v) is 12.5. The van der Waals surface area contributed by atoms with Crippen molar-refractivity contribution >= 4 is 43.5 Å². The first-order valence-electron chi connectivity index (χ1n) is 13.8. The van der Waals surface area contributed by atoms with E-state index in [4.69, 9.17) is 4.74 Å². The van der Waals surface area contributed by atoms with Crippen LogP contribution in [0.1, 0.15) is 18.1 Å². The summed E-state index contributed by atoms with van der Waals surface area (Å²) < 4.78 is 35.5. The van der Waals surface area contributed by atoms with Crippen LogP contribution in [0.4, 0.5) is 5.69 Å². The maximum absolute atomic E-state index is 14.3. The summed E-state index contributed by atoms with van der Waals surface area (Å²) in [5, 5.41) is 2.69. The Hall–Kier alpha value is -4.15. The van der Waals surface area contributed by atoms with Crippen LogP contribution in [0.15, 0.2) is 119 Å². The fraction of sp³-hybridized carbons (Fsp3) is 0.212. The van der Waals surface area contributed by atoms with Gasteiger partial charge >= 0.3 is 0 Å². The summed E-state index contributed by atoms with van der Waals surface area (Å²) in [4.78, 5) is 29.1. The molecule has 0 bridgehead atoms. The largest absolute Gasteiger partial charge is 0.494 e. The van der Waals surface area contributed by atoms with Gasteiger partial charge < -0.3 is 15.0 Å². The average molecular weight is 665 g/mol. The Morgan fingerprint density at radius 3 is 2.09 bits per heavy atom. The Balaban J connectivity index is 1.75. The van der Waals surface area contributed by atoms with Gasteiger partial charge in [-0.1, -0.05) is 76.6 Å². The molecule has 224 valence electrons. The van der Waals surface area contributed by atoms with Gasteiger partial charge in [0.05, 0.1) is 17.2 Å². The van der Waals surface area contributed by atoms with Crippen molar-refractivity contribution in [3.05, 3.63) is 125 Å². The lowest BCUT2D eigenvalue weighted by Crippen LogP contribution is -2.53. The highest BCUT2D eigenvalue weighted by Crippen LogP contribution is 2.26. The molecule has 4 aromatic rings. The van der Waals surface area contributed by atoms with E-state index in [9.17, 15) is 18.0 Å². The van der Waals surface area contributed by atoms with Crippen LogP contribution in [0.2, 0.25) is 0 Å². The van der Waals surface area contributed by atoms with Gasteiger partial charge in [0, 0.05) is 24.5 Å². The minimum atomic E-state index is -4.18. The quantitative estimate of drug-likeness (QED) is 0.206. The third-order valence-corrected chi connectivity index (χ3v) is 9.09. The number of rotatable bonds is 13. The van der Waals surface area contributed by atoms with Crippen molar-refractivity contribution in [2.75, 3.05) is 24.5 Å². The standard InChI is InChI=1S/C33H34BrN3O5S/c1-3-42-29-17-19-30(20-18-29)43(40,41)37(28-15-8-5-9-16-28)24-32(38)36(23-26-13-10-14-27(34)21-26)31(33(39)35-2)22-25-11-6-4-7-12-25/h4-21,31H,3,22-24H2,1-2H3,(H,35,39)/t31-/m0/s1. The summed E-state index contributed by atoms with van der Waals surface area (Å²) in [6, 6.07) is 30.5. The molecular formula is C33H34BrN3O5S. The molecule has 0 aromatic heterocycles. The molecule has 4 rings (SSSR count). The van der Waals surface area contributed by atoms with E-state index in [1.54, 1.807) is 42.5 Å². The number of nitrogens with one attached hydrogen (secondary N) is 1. The summed E-state index contributed by atoms with van der Waals surface area (Å²) in [5.74, 6) is -0.339. The van der Waals surface area contributed by atoms with E-state index in [-0.39, 0.29) is 23.8 Å². The van der Waals surface area contributed by atoms with Gasteiger partial charge in [0.1, 0.15) is 18.3 Å². The number of ether oxygens (including phenoxy) is 1. The van der Waals surface area contributed by atoms with Gasteiger partial charge in [-0.3, -0.25) is 13.9 Å². The Morgan fingerprint density at radius 1 is 0.860 bits per heavy atom. The second-order valence-electron chi connectivity index (χ2n) is 9.72. The smallest absolute Gasteiger partial charge is 0.264 e. The molecule has 10 heteroatoms. The molecule has 0 saturated carbocycles. The van der Waals surface area contributed by atoms with Crippen molar-refractivity contribution in [3.63, 3.8) is 0 Å². The van der Waals surface area contributed by atoms with E-state index in [1.165, 1.54) is 24.1 Å². The predicted octanol–water partition coefficient (Wildman–Crippen LogP) is 5.43. The minimum Gasteiger partial charge on any atom is -0.494 e. The fourth-order valence-electron chi connectivity index (χ4n) is 4.68. The van der Waals surface area contributed by atoms with Crippen molar-refractivity contribution in [1.29, 1.82) is 0 Å². The fourth-order valence-corrected chi connectivity index (χ4v) is 6.54. The van der Waals surface area contributed by atoms with Crippen molar-refractivity contribution in [3.8, 4) is 5.75 Å². The maximum atomic E-state index is 14.3. The van der Waals surface area contributed by atoms with Crippen LogP contribution in [-0.2, 0) is 32.6 Å². The molecule has 0 saturated heterocycles. The molecule has 0 heterocycles. The topological polar surface area (TPSA) is 96.0 Å². The lowest BCUT2D eigenvalue weighted by atomic mass is 10.0. The first-order valence-corrected chi connectivity index (χ1v) is 16.1. The summed E-state index contributed by atoms with van der Waals surface area (Å²) >= 11 is 3.48. The summed E-state index contributed by atoms with van der Waals surface area (Å²) in [6.07, 6.45) is 0.247. The van der Waals surface area contributed by atoms with Crippen LogP contribution in [-0.4, -0.2) is 51.4 Å². The highest BCUT2D eigenvalue weighted by atomic mass is 79.9. The number of para-hydroxylation sites is 1. The van der Waals surface area contributed by atoms with Gasteiger partial charge in [0.25, 0.3) is 10.0 Å². The Kier molecular flexibility index (Phi) is 11.0. The molecular weight excluding hydrogens is 630 g/mol. The second kappa shape index (κ2) is 14.8. The third kappa shape index (κ3) is 8.24. The first kappa shape index (κ1) is 31.8. The van der Waals surface area contributed by atoms with Gasteiger partial charge in [0.15, 0.2) is 0 Å². The van der Waals surface area contributed by atoms with Crippen LogP contribution < -0.4 is 14.4 Å². The summed E-state index contributed by atoms with van der Waals surface area (Å²) in [7, 11) is -2.66. The van der Waals surface area contributed by atoms with Gasteiger partial charge in [-0.05, 0) is 66.6 Å². The molecule has 0 aliphatic heterocycles. The van der Waals surface area contributed by atoms with Gasteiger partial charge in [-0.25, -0.2) is 8.42 Å². The number of carbonyl (C=O) groups excluding carboxylic acids is 2. The lowest BCUT2D eigenvalue weighted by molar-refractivity contribution is -0.139. The molecule has 0 fully saturated rings. The highest BCUT2D eigenvalue weighted by Gasteiger charge is 2.34. The monoisotopic (exact) mass is 663 g/mol. The van der Waals surface area contributed by atoms with Crippen LogP contribution in [0.5, 0.6) is 5.75 Å². The number of hydrogen-bond acceptors (Lipinski definition) is 5. The zero-order valence-corrected chi connectivity index (χ0v) is 26.4. The van der Waals surface area contributed by atoms with Gasteiger partial charge in [-0.2, -0.15) is 0 Å². The van der Waals surface area contributed by atoms with Gasteiger partial charge in [0.2, 0.25) is 11.8 Å². The predicted molar refractivity (Wildman–Crippen MR) is 171 cm³/mol. The lowest BCUT2D eigenvalue weighted by Gasteiger charge is -2.33. The van der Waals surface area contributed by atoms with Crippen LogP contribution in [0, 0.1) is 0 Å². The number of halogens is 1. The Labute approximate surface area is 261 Å². The number of carbonyl (C=O) groups is 2. The van der Waals surface area contributed by atoms with Crippen LogP contribution in [0.25, 0.3) is 0 Å². The number of hydrogen-bond donors (Lipinski definition) is 1. The Bertz CT molecular complexity index is 1620. The van der Waals surface area contributed by atoms with Crippen molar-refractivity contribution in [2.45, 2.75) is 30.8 Å². The molecule has 4 aromatic carbocycles.